The zero-order valence-corrected chi connectivity index (χ0v) is 12.6. The number of hydrogen-bond acceptors (Lipinski definition) is 4. The number of thioether (sulfide) groups is 1. The average Bonchev–Trinajstić information content (AvgIpc) is 2.38. The standard InChI is InChI=1S/C16H16N2OS/c1-11-4-6-14(7-5-11)15(19)8-9-20-16-17-12(2)10-13(3)18-16/h4-10H,1-3H3/b9-8-. The number of carbonyl (C=O) groups excluding carboxylic acids is 1. The van der Waals surface area contributed by atoms with E-state index in [0.717, 1.165) is 17.0 Å². The molecule has 0 radical (unpaired) electrons. The SMILES string of the molecule is Cc1ccc(C(=O)/C=C\Sc2nc(C)cc(C)n2)cc1. The molecule has 1 aromatic carbocycles. The van der Waals surface area contributed by atoms with E-state index in [-0.39, 0.29) is 5.78 Å². The minimum absolute atomic E-state index is 0.0122. The Bertz CT molecular complexity index is 628. The average molecular weight is 284 g/mol. The number of aryl methyl sites for hydroxylation is 3. The van der Waals surface area contributed by atoms with Gasteiger partial charge in [-0.15, -0.1) is 0 Å². The lowest BCUT2D eigenvalue weighted by Gasteiger charge is -1.99. The molecule has 0 aliphatic carbocycles. The minimum Gasteiger partial charge on any atom is -0.289 e. The van der Waals surface area contributed by atoms with Crippen molar-refractivity contribution in [1.29, 1.82) is 0 Å². The van der Waals surface area contributed by atoms with Crippen LogP contribution in [0.2, 0.25) is 0 Å². The first-order chi connectivity index (χ1) is 9.54. The molecule has 20 heavy (non-hydrogen) atoms. The molecular formula is C16H16N2OS. The maximum atomic E-state index is 11.9. The molecular weight excluding hydrogens is 268 g/mol. The molecule has 0 fully saturated rings. The van der Waals surface area contributed by atoms with Gasteiger partial charge in [0.15, 0.2) is 10.9 Å². The van der Waals surface area contributed by atoms with Crippen molar-refractivity contribution < 1.29 is 4.79 Å². The van der Waals surface area contributed by atoms with E-state index >= 15 is 0 Å². The molecule has 1 aromatic heterocycles. The lowest BCUT2D eigenvalue weighted by molar-refractivity contribution is 0.104. The number of carbonyl (C=O) groups is 1. The van der Waals surface area contributed by atoms with E-state index in [2.05, 4.69) is 9.97 Å². The van der Waals surface area contributed by atoms with Crippen molar-refractivity contribution in [2.24, 2.45) is 0 Å². The summed E-state index contributed by atoms with van der Waals surface area (Å²) in [5, 5.41) is 2.40. The Morgan fingerprint density at radius 3 is 2.25 bits per heavy atom. The van der Waals surface area contributed by atoms with Crippen molar-refractivity contribution in [3.63, 3.8) is 0 Å². The van der Waals surface area contributed by atoms with Crippen molar-refractivity contribution in [3.05, 3.63) is 64.3 Å². The van der Waals surface area contributed by atoms with Crippen LogP contribution < -0.4 is 0 Å². The predicted octanol–water partition coefficient (Wildman–Crippen LogP) is 3.89. The third-order valence-electron chi connectivity index (χ3n) is 2.69. The van der Waals surface area contributed by atoms with Crippen LogP contribution in [0.3, 0.4) is 0 Å². The van der Waals surface area contributed by atoms with E-state index in [1.807, 2.05) is 51.1 Å². The molecule has 1 heterocycles. The normalized spacial score (nSPS) is 10.9. The van der Waals surface area contributed by atoms with Crippen LogP contribution >= 0.6 is 11.8 Å². The first-order valence-corrected chi connectivity index (χ1v) is 7.19. The number of nitrogens with zero attached hydrogens (tertiary/aromatic N) is 2. The Morgan fingerprint density at radius 1 is 1.05 bits per heavy atom. The first-order valence-electron chi connectivity index (χ1n) is 6.31. The van der Waals surface area contributed by atoms with E-state index in [1.165, 1.54) is 11.8 Å². The topological polar surface area (TPSA) is 42.9 Å². The van der Waals surface area contributed by atoms with Gasteiger partial charge in [0.05, 0.1) is 0 Å². The highest BCUT2D eigenvalue weighted by Crippen LogP contribution is 2.16. The summed E-state index contributed by atoms with van der Waals surface area (Å²) < 4.78 is 0. The molecule has 0 spiro atoms. The summed E-state index contributed by atoms with van der Waals surface area (Å²) in [5.74, 6) is -0.0122. The van der Waals surface area contributed by atoms with Gasteiger partial charge in [-0.1, -0.05) is 41.6 Å². The molecule has 4 heteroatoms. The van der Waals surface area contributed by atoms with Crippen LogP contribution in [-0.2, 0) is 0 Å². The van der Waals surface area contributed by atoms with Gasteiger partial charge in [0.1, 0.15) is 0 Å². The van der Waals surface area contributed by atoms with Crippen molar-refractivity contribution >= 4 is 17.5 Å². The van der Waals surface area contributed by atoms with Gasteiger partial charge < -0.3 is 0 Å². The van der Waals surface area contributed by atoms with E-state index in [4.69, 9.17) is 0 Å². The molecule has 2 aromatic rings. The highest BCUT2D eigenvalue weighted by Gasteiger charge is 2.02. The monoisotopic (exact) mass is 284 g/mol. The second kappa shape index (κ2) is 6.48. The quantitative estimate of drug-likeness (QED) is 0.370. The summed E-state index contributed by atoms with van der Waals surface area (Å²) >= 11 is 1.35. The number of rotatable bonds is 4. The van der Waals surface area contributed by atoms with Gasteiger partial charge >= 0.3 is 0 Å². The molecule has 0 aliphatic heterocycles. The molecule has 0 atom stereocenters. The molecule has 0 bridgehead atoms. The maximum Gasteiger partial charge on any atom is 0.192 e. The van der Waals surface area contributed by atoms with Crippen LogP contribution in [0.1, 0.15) is 27.3 Å². The van der Waals surface area contributed by atoms with Gasteiger partial charge in [0.25, 0.3) is 0 Å². The molecule has 0 N–H and O–H groups in total. The summed E-state index contributed by atoms with van der Waals surface area (Å²) in [5.41, 5.74) is 3.69. The third kappa shape index (κ3) is 4.03. The van der Waals surface area contributed by atoms with E-state index in [9.17, 15) is 4.79 Å². The summed E-state index contributed by atoms with van der Waals surface area (Å²) in [4.78, 5) is 20.5. The molecule has 3 nitrogen and oxygen atoms in total. The summed E-state index contributed by atoms with van der Waals surface area (Å²) in [7, 11) is 0. The number of benzene rings is 1. The summed E-state index contributed by atoms with van der Waals surface area (Å²) in [6.45, 7) is 5.86. The Balaban J connectivity index is 2.02. The molecule has 0 saturated heterocycles. The number of hydrogen-bond donors (Lipinski definition) is 0. The minimum atomic E-state index is -0.0122. The smallest absolute Gasteiger partial charge is 0.192 e. The Kier molecular flexibility index (Phi) is 4.69. The van der Waals surface area contributed by atoms with Crippen molar-refractivity contribution in [3.8, 4) is 0 Å². The predicted molar refractivity (Wildman–Crippen MR) is 82.0 cm³/mol. The highest BCUT2D eigenvalue weighted by atomic mass is 32.2. The van der Waals surface area contributed by atoms with Crippen LogP contribution in [0.25, 0.3) is 0 Å². The highest BCUT2D eigenvalue weighted by molar-refractivity contribution is 8.02. The summed E-state index contributed by atoms with van der Waals surface area (Å²) in [6.07, 6.45) is 1.55. The largest absolute Gasteiger partial charge is 0.289 e. The van der Waals surface area contributed by atoms with E-state index in [0.29, 0.717) is 10.7 Å². The molecule has 0 amide bonds. The van der Waals surface area contributed by atoms with Crippen LogP contribution in [0.5, 0.6) is 0 Å². The van der Waals surface area contributed by atoms with Gasteiger partial charge in [0, 0.05) is 17.0 Å². The number of allylic oxidation sites excluding steroid dienone is 1. The molecule has 0 unspecified atom stereocenters. The Morgan fingerprint density at radius 2 is 1.65 bits per heavy atom. The second-order valence-corrected chi connectivity index (χ2v) is 5.46. The molecule has 2 rings (SSSR count). The fourth-order valence-corrected chi connectivity index (χ4v) is 2.42. The van der Waals surface area contributed by atoms with Gasteiger partial charge in [-0.25, -0.2) is 9.97 Å². The second-order valence-electron chi connectivity index (χ2n) is 4.58. The van der Waals surface area contributed by atoms with Gasteiger partial charge in [-0.2, -0.15) is 0 Å². The lowest BCUT2D eigenvalue weighted by Crippen LogP contribution is -1.94. The molecule has 0 aliphatic rings. The molecule has 102 valence electrons. The zero-order chi connectivity index (χ0) is 14.5. The fourth-order valence-electron chi connectivity index (χ4n) is 1.72. The number of aromatic nitrogens is 2. The summed E-state index contributed by atoms with van der Waals surface area (Å²) in [6, 6.07) is 9.45. The van der Waals surface area contributed by atoms with Crippen LogP contribution in [-0.4, -0.2) is 15.8 Å². The van der Waals surface area contributed by atoms with E-state index < -0.39 is 0 Å². The number of ketones is 1. The fraction of sp³-hybridized carbons (Fsp3) is 0.188. The van der Waals surface area contributed by atoms with Crippen molar-refractivity contribution in [1.82, 2.24) is 9.97 Å². The van der Waals surface area contributed by atoms with Crippen molar-refractivity contribution in [2.75, 3.05) is 0 Å². The van der Waals surface area contributed by atoms with Gasteiger partial charge in [-0.05, 0) is 38.3 Å². The maximum absolute atomic E-state index is 11.9. The van der Waals surface area contributed by atoms with Gasteiger partial charge in [0.2, 0.25) is 0 Å². The Hall–Kier alpha value is -1.94. The molecule has 0 saturated carbocycles. The lowest BCUT2D eigenvalue weighted by atomic mass is 10.1. The van der Waals surface area contributed by atoms with Gasteiger partial charge in [-0.3, -0.25) is 4.79 Å². The zero-order valence-electron chi connectivity index (χ0n) is 11.8. The Labute approximate surface area is 123 Å². The van der Waals surface area contributed by atoms with Crippen LogP contribution in [0.15, 0.2) is 47.0 Å². The first kappa shape index (κ1) is 14.5. The van der Waals surface area contributed by atoms with Crippen molar-refractivity contribution in [2.45, 2.75) is 25.9 Å². The van der Waals surface area contributed by atoms with E-state index in [1.54, 1.807) is 11.5 Å². The van der Waals surface area contributed by atoms with Crippen LogP contribution in [0, 0.1) is 20.8 Å². The van der Waals surface area contributed by atoms with Crippen LogP contribution in [0.4, 0.5) is 0 Å². The third-order valence-corrected chi connectivity index (χ3v) is 3.36.